The maximum absolute atomic E-state index is 12.4. The highest BCUT2D eigenvalue weighted by Crippen LogP contribution is 2.23. The van der Waals surface area contributed by atoms with Gasteiger partial charge in [-0.25, -0.2) is 0 Å². The summed E-state index contributed by atoms with van der Waals surface area (Å²) in [6, 6.07) is 6.84. The summed E-state index contributed by atoms with van der Waals surface area (Å²) in [5, 5.41) is 15.1. The summed E-state index contributed by atoms with van der Waals surface area (Å²) < 4.78 is 1.35. The second-order valence-corrected chi connectivity index (χ2v) is 6.05. The Balaban J connectivity index is 1.77. The van der Waals surface area contributed by atoms with Gasteiger partial charge in [0.1, 0.15) is 17.9 Å². The highest BCUT2D eigenvalue weighted by Gasteiger charge is 2.24. The normalized spacial score (nSPS) is 14.2. The van der Waals surface area contributed by atoms with Crippen LogP contribution in [-0.4, -0.2) is 32.9 Å². The number of benzene rings is 1. The molecule has 130 valence electrons. The molecule has 3 rings (SSSR count). The first-order chi connectivity index (χ1) is 11.9. The van der Waals surface area contributed by atoms with Gasteiger partial charge >= 0.3 is 5.69 Å². The van der Waals surface area contributed by atoms with E-state index in [4.69, 9.17) is 0 Å². The Morgan fingerprint density at radius 3 is 2.48 bits per heavy atom. The number of nitro groups is 1. The average Bonchev–Trinajstić information content (AvgIpc) is 3.11. The summed E-state index contributed by atoms with van der Waals surface area (Å²) in [6.45, 7) is 3.76. The van der Waals surface area contributed by atoms with Crippen molar-refractivity contribution in [2.75, 3.05) is 11.4 Å². The van der Waals surface area contributed by atoms with Crippen LogP contribution in [0.4, 0.5) is 11.4 Å². The third kappa shape index (κ3) is 3.15. The van der Waals surface area contributed by atoms with Gasteiger partial charge in [-0.05, 0) is 44.5 Å². The van der Waals surface area contributed by atoms with E-state index in [0.29, 0.717) is 24.2 Å². The Morgan fingerprint density at radius 1 is 1.28 bits per heavy atom. The molecular weight excluding hydrogens is 324 g/mol. The van der Waals surface area contributed by atoms with Gasteiger partial charge in [0.05, 0.1) is 4.92 Å². The highest BCUT2D eigenvalue weighted by molar-refractivity contribution is 5.98. The van der Waals surface area contributed by atoms with Gasteiger partial charge in [0.25, 0.3) is 0 Å². The van der Waals surface area contributed by atoms with Gasteiger partial charge in [0.2, 0.25) is 5.91 Å². The molecule has 0 atom stereocenters. The number of rotatable bonds is 5. The molecule has 0 radical (unpaired) electrons. The van der Waals surface area contributed by atoms with Crippen molar-refractivity contribution >= 4 is 23.1 Å². The molecule has 0 saturated carbocycles. The van der Waals surface area contributed by atoms with Crippen molar-refractivity contribution in [3.8, 4) is 0 Å². The maximum Gasteiger partial charge on any atom is 0.312 e. The molecular formula is C17H18N4O4. The van der Waals surface area contributed by atoms with Crippen LogP contribution in [-0.2, 0) is 11.3 Å². The largest absolute Gasteiger partial charge is 0.312 e. The molecule has 2 aromatic rings. The predicted octanol–water partition coefficient (Wildman–Crippen LogP) is 2.42. The number of aryl methyl sites for hydroxylation is 1. The van der Waals surface area contributed by atoms with Crippen molar-refractivity contribution in [2.24, 2.45) is 0 Å². The van der Waals surface area contributed by atoms with E-state index in [-0.39, 0.29) is 29.6 Å². The number of hydrogen-bond donors (Lipinski definition) is 0. The zero-order valence-corrected chi connectivity index (χ0v) is 14.1. The fourth-order valence-corrected chi connectivity index (χ4v) is 3.08. The van der Waals surface area contributed by atoms with Crippen LogP contribution in [0.2, 0.25) is 0 Å². The monoisotopic (exact) mass is 342 g/mol. The molecule has 0 N–H and O–H groups in total. The van der Waals surface area contributed by atoms with Crippen LogP contribution in [0.25, 0.3) is 0 Å². The minimum atomic E-state index is -0.486. The van der Waals surface area contributed by atoms with E-state index in [9.17, 15) is 19.7 Å². The molecule has 0 aliphatic carbocycles. The highest BCUT2D eigenvalue weighted by atomic mass is 16.6. The number of nitrogens with zero attached hydrogens (tertiary/aromatic N) is 4. The van der Waals surface area contributed by atoms with Gasteiger partial charge in [-0.15, -0.1) is 0 Å². The standard InChI is InChI=1S/C17H18N4O4/c1-11-17(21(24)25)12(2)20(18-11)10-15(22)13-5-7-14(8-6-13)19-9-3-4-16(19)23/h5-8H,3-4,9-10H2,1-2H3. The first kappa shape index (κ1) is 16.8. The second-order valence-electron chi connectivity index (χ2n) is 6.05. The van der Waals surface area contributed by atoms with Crippen LogP contribution in [0, 0.1) is 24.0 Å². The van der Waals surface area contributed by atoms with Gasteiger partial charge in [-0.2, -0.15) is 5.10 Å². The van der Waals surface area contributed by atoms with E-state index in [1.165, 1.54) is 4.68 Å². The van der Waals surface area contributed by atoms with Gasteiger partial charge in [0.15, 0.2) is 5.78 Å². The molecule has 25 heavy (non-hydrogen) atoms. The zero-order valence-electron chi connectivity index (χ0n) is 14.1. The molecule has 1 aliphatic heterocycles. The topological polar surface area (TPSA) is 98.3 Å². The lowest BCUT2D eigenvalue weighted by molar-refractivity contribution is -0.386. The zero-order chi connectivity index (χ0) is 18.1. The Bertz CT molecular complexity index is 854. The van der Waals surface area contributed by atoms with E-state index in [0.717, 1.165) is 12.1 Å². The molecule has 0 spiro atoms. The smallest absolute Gasteiger partial charge is 0.312 e. The molecule has 1 aliphatic rings. The first-order valence-electron chi connectivity index (χ1n) is 8.00. The quantitative estimate of drug-likeness (QED) is 0.472. The van der Waals surface area contributed by atoms with Gasteiger partial charge in [-0.1, -0.05) is 0 Å². The van der Waals surface area contributed by atoms with Crippen molar-refractivity contribution < 1.29 is 14.5 Å². The van der Waals surface area contributed by atoms with E-state index >= 15 is 0 Å². The summed E-state index contributed by atoms with van der Waals surface area (Å²) in [6.07, 6.45) is 1.40. The summed E-state index contributed by atoms with van der Waals surface area (Å²) in [5.41, 5.74) is 1.84. The van der Waals surface area contributed by atoms with Crippen molar-refractivity contribution in [1.29, 1.82) is 0 Å². The summed E-state index contributed by atoms with van der Waals surface area (Å²) >= 11 is 0. The first-order valence-corrected chi connectivity index (χ1v) is 8.00. The number of aromatic nitrogens is 2. The van der Waals surface area contributed by atoms with E-state index in [1.54, 1.807) is 43.0 Å². The number of anilines is 1. The number of hydrogen-bond acceptors (Lipinski definition) is 5. The summed E-state index contributed by atoms with van der Waals surface area (Å²) in [4.78, 5) is 36.5. The van der Waals surface area contributed by atoms with Crippen LogP contribution in [0.3, 0.4) is 0 Å². The molecule has 8 nitrogen and oxygen atoms in total. The number of amides is 1. The van der Waals surface area contributed by atoms with Gasteiger partial charge < -0.3 is 4.90 Å². The van der Waals surface area contributed by atoms with Crippen molar-refractivity contribution in [3.63, 3.8) is 0 Å². The lowest BCUT2D eigenvalue weighted by atomic mass is 10.1. The average molecular weight is 342 g/mol. The van der Waals surface area contributed by atoms with Crippen LogP contribution in [0.5, 0.6) is 0 Å². The molecule has 1 amide bonds. The third-order valence-electron chi connectivity index (χ3n) is 4.39. The molecule has 1 saturated heterocycles. The number of carbonyl (C=O) groups is 2. The molecule has 2 heterocycles. The van der Waals surface area contributed by atoms with Crippen LogP contribution < -0.4 is 4.90 Å². The summed E-state index contributed by atoms with van der Waals surface area (Å²) in [5.74, 6) is -0.103. The van der Waals surface area contributed by atoms with Crippen LogP contribution >= 0.6 is 0 Å². The Morgan fingerprint density at radius 2 is 1.96 bits per heavy atom. The van der Waals surface area contributed by atoms with E-state index < -0.39 is 4.92 Å². The second kappa shape index (κ2) is 6.46. The Labute approximate surface area is 144 Å². The van der Waals surface area contributed by atoms with Crippen LogP contribution in [0.1, 0.15) is 34.6 Å². The molecule has 1 fully saturated rings. The number of ketones is 1. The molecule has 1 aromatic carbocycles. The Kier molecular flexibility index (Phi) is 4.35. The van der Waals surface area contributed by atoms with Gasteiger partial charge in [-0.3, -0.25) is 24.4 Å². The molecule has 1 aromatic heterocycles. The lowest BCUT2D eigenvalue weighted by Crippen LogP contribution is -2.23. The fourth-order valence-electron chi connectivity index (χ4n) is 3.08. The minimum absolute atomic E-state index is 0.0595. The SMILES string of the molecule is Cc1nn(CC(=O)c2ccc(N3CCCC3=O)cc2)c(C)c1[N+](=O)[O-]. The lowest BCUT2D eigenvalue weighted by Gasteiger charge is -2.15. The maximum atomic E-state index is 12.4. The predicted molar refractivity (Wildman–Crippen MR) is 90.7 cm³/mol. The van der Waals surface area contributed by atoms with Crippen molar-refractivity contribution in [3.05, 3.63) is 51.3 Å². The minimum Gasteiger partial charge on any atom is -0.312 e. The van der Waals surface area contributed by atoms with E-state index in [2.05, 4.69) is 5.10 Å². The third-order valence-corrected chi connectivity index (χ3v) is 4.39. The molecule has 0 bridgehead atoms. The van der Waals surface area contributed by atoms with Crippen LogP contribution in [0.15, 0.2) is 24.3 Å². The van der Waals surface area contributed by atoms with Crippen molar-refractivity contribution in [1.82, 2.24) is 9.78 Å². The van der Waals surface area contributed by atoms with Gasteiger partial charge in [0, 0.05) is 24.2 Å². The summed E-state index contributed by atoms with van der Waals surface area (Å²) in [7, 11) is 0. The Hall–Kier alpha value is -3.03. The fraction of sp³-hybridized carbons (Fsp3) is 0.353. The van der Waals surface area contributed by atoms with E-state index in [1.807, 2.05) is 0 Å². The van der Waals surface area contributed by atoms with Crippen molar-refractivity contribution in [2.45, 2.75) is 33.2 Å². The molecule has 0 unspecified atom stereocenters. The number of carbonyl (C=O) groups excluding carboxylic acids is 2. The molecule has 8 heteroatoms. The number of Topliss-reactive ketones (excluding diaryl/α,β-unsaturated/α-hetero) is 1.